The number of nitrogens with one attached hydrogen (secondary N) is 2. The van der Waals surface area contributed by atoms with E-state index in [4.69, 9.17) is 9.47 Å². The summed E-state index contributed by atoms with van der Waals surface area (Å²) in [6, 6.07) is 9.97. The largest absolute Gasteiger partial charge is 0.375 e. The van der Waals surface area contributed by atoms with Crippen LogP contribution in [0.2, 0.25) is 0 Å². The van der Waals surface area contributed by atoms with Crippen molar-refractivity contribution in [2.45, 2.75) is 38.0 Å². The van der Waals surface area contributed by atoms with Crippen LogP contribution in [-0.4, -0.2) is 44.4 Å². The molecule has 1 aliphatic heterocycles. The van der Waals surface area contributed by atoms with E-state index in [0.29, 0.717) is 26.1 Å². The maximum absolute atomic E-state index is 12.5. The lowest BCUT2D eigenvalue weighted by Gasteiger charge is -2.35. The van der Waals surface area contributed by atoms with Gasteiger partial charge < -0.3 is 20.1 Å². The summed E-state index contributed by atoms with van der Waals surface area (Å²) in [5.41, 5.74) is 0.437. The third kappa shape index (κ3) is 4.53. The van der Waals surface area contributed by atoms with Crippen molar-refractivity contribution in [1.29, 1.82) is 0 Å². The van der Waals surface area contributed by atoms with Crippen LogP contribution < -0.4 is 10.6 Å². The first kappa shape index (κ1) is 16.9. The Balaban J connectivity index is 1.76. The van der Waals surface area contributed by atoms with E-state index in [0.717, 1.165) is 18.7 Å². The van der Waals surface area contributed by atoms with Gasteiger partial charge in [-0.3, -0.25) is 4.79 Å². The molecule has 0 radical (unpaired) electrons. The molecule has 22 heavy (non-hydrogen) atoms. The smallest absolute Gasteiger partial charge is 0.252 e. The van der Waals surface area contributed by atoms with Gasteiger partial charge in [-0.1, -0.05) is 30.3 Å². The van der Waals surface area contributed by atoms with E-state index in [-0.39, 0.29) is 11.9 Å². The number of hydrogen-bond acceptors (Lipinski definition) is 4. The molecule has 1 heterocycles. The van der Waals surface area contributed by atoms with Crippen molar-refractivity contribution < 1.29 is 14.3 Å². The van der Waals surface area contributed by atoms with E-state index in [1.807, 2.05) is 37.3 Å². The molecular weight excluding hydrogens is 280 g/mol. The summed E-state index contributed by atoms with van der Waals surface area (Å²) in [7, 11) is 1.61. The van der Waals surface area contributed by atoms with Crippen molar-refractivity contribution in [3.05, 3.63) is 35.9 Å². The Bertz CT molecular complexity index is 458. The molecule has 1 unspecified atom stereocenters. The van der Waals surface area contributed by atoms with Crippen LogP contribution >= 0.6 is 0 Å². The molecule has 5 nitrogen and oxygen atoms in total. The van der Waals surface area contributed by atoms with Gasteiger partial charge in [0.05, 0.1) is 13.2 Å². The van der Waals surface area contributed by atoms with E-state index in [1.165, 1.54) is 0 Å². The standard InChI is InChI=1S/C17H26N2O3/c1-14(12-22-13-15-6-4-3-5-7-15)19-16(20)17(21-2)8-10-18-11-9-17/h3-7,14,18H,8-13H2,1-2H3,(H,19,20). The number of rotatable bonds is 7. The van der Waals surface area contributed by atoms with Crippen LogP contribution in [0, 0.1) is 0 Å². The highest BCUT2D eigenvalue weighted by Crippen LogP contribution is 2.22. The average molecular weight is 306 g/mol. The molecule has 1 amide bonds. The van der Waals surface area contributed by atoms with Crippen LogP contribution in [0.5, 0.6) is 0 Å². The quantitative estimate of drug-likeness (QED) is 0.801. The van der Waals surface area contributed by atoms with E-state index in [9.17, 15) is 4.79 Å². The molecule has 0 spiro atoms. The van der Waals surface area contributed by atoms with Crippen molar-refractivity contribution in [2.24, 2.45) is 0 Å². The van der Waals surface area contributed by atoms with E-state index < -0.39 is 5.60 Å². The zero-order chi connectivity index (χ0) is 15.8. The summed E-state index contributed by atoms with van der Waals surface area (Å²) in [6.07, 6.45) is 1.40. The highest BCUT2D eigenvalue weighted by molar-refractivity contribution is 5.85. The summed E-state index contributed by atoms with van der Waals surface area (Å²) in [5, 5.41) is 6.26. The molecule has 0 aromatic heterocycles. The first-order chi connectivity index (χ1) is 10.7. The lowest BCUT2D eigenvalue weighted by atomic mass is 9.91. The average Bonchev–Trinajstić information content (AvgIpc) is 2.56. The van der Waals surface area contributed by atoms with Gasteiger partial charge in [0, 0.05) is 13.2 Å². The number of carbonyl (C=O) groups is 1. The molecular formula is C17H26N2O3. The number of methoxy groups -OCH3 is 1. The predicted octanol–water partition coefficient (Wildman–Crippen LogP) is 1.48. The van der Waals surface area contributed by atoms with Crippen LogP contribution in [0.25, 0.3) is 0 Å². The molecule has 0 bridgehead atoms. The Morgan fingerprint density at radius 3 is 2.64 bits per heavy atom. The Hall–Kier alpha value is -1.43. The van der Waals surface area contributed by atoms with Gasteiger partial charge in [0.25, 0.3) is 5.91 Å². The van der Waals surface area contributed by atoms with Crippen LogP contribution in [0.4, 0.5) is 0 Å². The molecule has 1 saturated heterocycles. The zero-order valence-electron chi connectivity index (χ0n) is 13.4. The highest BCUT2D eigenvalue weighted by atomic mass is 16.5. The summed E-state index contributed by atoms with van der Waals surface area (Å²) in [5.74, 6) is -0.0349. The number of hydrogen-bond donors (Lipinski definition) is 2. The number of carbonyl (C=O) groups excluding carboxylic acids is 1. The number of benzene rings is 1. The van der Waals surface area contributed by atoms with Crippen molar-refractivity contribution in [1.82, 2.24) is 10.6 Å². The molecule has 5 heteroatoms. The zero-order valence-corrected chi connectivity index (χ0v) is 13.4. The molecule has 0 saturated carbocycles. The first-order valence-corrected chi connectivity index (χ1v) is 7.85. The second kappa shape index (κ2) is 8.27. The fourth-order valence-corrected chi connectivity index (χ4v) is 2.68. The molecule has 122 valence electrons. The van der Waals surface area contributed by atoms with Gasteiger partial charge in [0.2, 0.25) is 0 Å². The van der Waals surface area contributed by atoms with Crippen LogP contribution in [0.1, 0.15) is 25.3 Å². The lowest BCUT2D eigenvalue weighted by molar-refractivity contribution is -0.147. The summed E-state index contributed by atoms with van der Waals surface area (Å²) < 4.78 is 11.2. The second-order valence-corrected chi connectivity index (χ2v) is 5.82. The first-order valence-electron chi connectivity index (χ1n) is 7.85. The molecule has 2 rings (SSSR count). The summed E-state index contributed by atoms with van der Waals surface area (Å²) in [4.78, 5) is 12.5. The number of piperidine rings is 1. The minimum atomic E-state index is -0.695. The summed E-state index contributed by atoms with van der Waals surface area (Å²) in [6.45, 7) is 4.60. The van der Waals surface area contributed by atoms with Crippen molar-refractivity contribution >= 4 is 5.91 Å². The van der Waals surface area contributed by atoms with Gasteiger partial charge in [0.15, 0.2) is 0 Å². The SMILES string of the molecule is COC1(C(=O)NC(C)COCc2ccccc2)CCNCC1. The molecule has 1 aromatic carbocycles. The topological polar surface area (TPSA) is 59.6 Å². The van der Waals surface area contributed by atoms with Gasteiger partial charge >= 0.3 is 0 Å². The predicted molar refractivity (Wildman–Crippen MR) is 85.5 cm³/mol. The minimum absolute atomic E-state index is 0.0349. The maximum Gasteiger partial charge on any atom is 0.252 e. The van der Waals surface area contributed by atoms with E-state index in [2.05, 4.69) is 10.6 Å². The minimum Gasteiger partial charge on any atom is -0.375 e. The molecule has 2 N–H and O–H groups in total. The van der Waals surface area contributed by atoms with Gasteiger partial charge in [-0.25, -0.2) is 0 Å². The molecule has 1 aliphatic rings. The maximum atomic E-state index is 12.5. The van der Waals surface area contributed by atoms with Crippen molar-refractivity contribution in [3.8, 4) is 0 Å². The fraction of sp³-hybridized carbons (Fsp3) is 0.588. The number of amides is 1. The van der Waals surface area contributed by atoms with E-state index >= 15 is 0 Å². The van der Waals surface area contributed by atoms with Gasteiger partial charge in [0.1, 0.15) is 5.60 Å². The fourth-order valence-electron chi connectivity index (χ4n) is 2.68. The Morgan fingerprint density at radius 2 is 2.00 bits per heavy atom. The van der Waals surface area contributed by atoms with Crippen LogP contribution in [0.3, 0.4) is 0 Å². The molecule has 0 aliphatic carbocycles. The van der Waals surface area contributed by atoms with Crippen LogP contribution in [0.15, 0.2) is 30.3 Å². The third-order valence-corrected chi connectivity index (χ3v) is 4.07. The Labute approximate surface area is 132 Å². The normalized spacial score (nSPS) is 18.6. The second-order valence-electron chi connectivity index (χ2n) is 5.82. The van der Waals surface area contributed by atoms with Crippen molar-refractivity contribution in [2.75, 3.05) is 26.8 Å². The molecule has 1 atom stereocenters. The molecule has 1 aromatic rings. The Kier molecular flexibility index (Phi) is 6.36. The van der Waals surface area contributed by atoms with Gasteiger partial charge in [-0.15, -0.1) is 0 Å². The van der Waals surface area contributed by atoms with Gasteiger partial charge in [-0.2, -0.15) is 0 Å². The number of ether oxygens (including phenoxy) is 2. The highest BCUT2D eigenvalue weighted by Gasteiger charge is 2.39. The lowest BCUT2D eigenvalue weighted by Crippen LogP contribution is -2.56. The Morgan fingerprint density at radius 1 is 1.32 bits per heavy atom. The van der Waals surface area contributed by atoms with Crippen LogP contribution in [-0.2, 0) is 20.9 Å². The van der Waals surface area contributed by atoms with Crippen molar-refractivity contribution in [3.63, 3.8) is 0 Å². The third-order valence-electron chi connectivity index (χ3n) is 4.07. The summed E-state index contributed by atoms with van der Waals surface area (Å²) >= 11 is 0. The molecule has 1 fully saturated rings. The van der Waals surface area contributed by atoms with Gasteiger partial charge in [-0.05, 0) is 38.4 Å². The monoisotopic (exact) mass is 306 g/mol. The van der Waals surface area contributed by atoms with E-state index in [1.54, 1.807) is 7.11 Å².